The van der Waals surface area contributed by atoms with Crippen molar-refractivity contribution in [3.63, 3.8) is 0 Å². The lowest BCUT2D eigenvalue weighted by atomic mass is 10.2. The van der Waals surface area contributed by atoms with Gasteiger partial charge in [-0.3, -0.25) is 9.89 Å². The molecule has 1 amide bonds. The fourth-order valence-electron chi connectivity index (χ4n) is 1.98. The second-order valence-electron chi connectivity index (χ2n) is 4.91. The van der Waals surface area contributed by atoms with Crippen molar-refractivity contribution >= 4 is 5.91 Å². The number of amides is 1. The number of hydrogen-bond donors (Lipinski definition) is 2. The van der Waals surface area contributed by atoms with Gasteiger partial charge in [0.1, 0.15) is 5.69 Å². The van der Waals surface area contributed by atoms with E-state index >= 15 is 0 Å². The Kier molecular flexibility index (Phi) is 3.22. The van der Waals surface area contributed by atoms with Crippen LogP contribution >= 0.6 is 0 Å². The van der Waals surface area contributed by atoms with Gasteiger partial charge in [-0.2, -0.15) is 5.10 Å². The summed E-state index contributed by atoms with van der Waals surface area (Å²) in [5, 5.41) is 9.42. The van der Waals surface area contributed by atoms with Crippen molar-refractivity contribution in [1.82, 2.24) is 15.5 Å². The van der Waals surface area contributed by atoms with Gasteiger partial charge in [-0.1, -0.05) is 6.07 Å². The Bertz CT molecular complexity index is 650. The number of hydrogen-bond acceptors (Lipinski definition) is 2. The molecular formula is C14H13F2N3O. The Hall–Kier alpha value is -2.24. The molecule has 20 heavy (non-hydrogen) atoms. The highest BCUT2D eigenvalue weighted by atomic mass is 19.2. The lowest BCUT2D eigenvalue weighted by molar-refractivity contribution is 0.0946. The van der Waals surface area contributed by atoms with Gasteiger partial charge in [0, 0.05) is 18.2 Å². The van der Waals surface area contributed by atoms with Gasteiger partial charge in [0.2, 0.25) is 0 Å². The van der Waals surface area contributed by atoms with Crippen LogP contribution in [0.25, 0.3) is 0 Å². The summed E-state index contributed by atoms with van der Waals surface area (Å²) in [5.74, 6) is -1.66. The SMILES string of the molecule is O=C(NCc1ccc(F)c(F)c1)c1cc(C2CC2)[nH]n1. The van der Waals surface area contributed by atoms with Crippen LogP contribution in [0.4, 0.5) is 8.78 Å². The molecule has 0 aliphatic heterocycles. The predicted octanol–water partition coefficient (Wildman–Crippen LogP) is 2.50. The van der Waals surface area contributed by atoms with Crippen molar-refractivity contribution < 1.29 is 13.6 Å². The first-order valence-corrected chi connectivity index (χ1v) is 6.41. The summed E-state index contributed by atoms with van der Waals surface area (Å²) >= 11 is 0. The van der Waals surface area contributed by atoms with E-state index in [2.05, 4.69) is 15.5 Å². The molecule has 4 nitrogen and oxygen atoms in total. The lowest BCUT2D eigenvalue weighted by Crippen LogP contribution is -2.23. The minimum Gasteiger partial charge on any atom is -0.347 e. The minimum atomic E-state index is -0.924. The maximum atomic E-state index is 13.0. The molecule has 1 fully saturated rings. The summed E-state index contributed by atoms with van der Waals surface area (Å²) in [7, 11) is 0. The van der Waals surface area contributed by atoms with E-state index in [0.29, 0.717) is 17.2 Å². The quantitative estimate of drug-likeness (QED) is 0.902. The van der Waals surface area contributed by atoms with Gasteiger partial charge in [0.15, 0.2) is 11.6 Å². The van der Waals surface area contributed by atoms with E-state index in [9.17, 15) is 13.6 Å². The van der Waals surface area contributed by atoms with Crippen molar-refractivity contribution in [1.29, 1.82) is 0 Å². The highest BCUT2D eigenvalue weighted by Gasteiger charge is 2.26. The maximum Gasteiger partial charge on any atom is 0.272 e. The fourth-order valence-corrected chi connectivity index (χ4v) is 1.98. The zero-order valence-electron chi connectivity index (χ0n) is 10.6. The van der Waals surface area contributed by atoms with Crippen molar-refractivity contribution in [2.45, 2.75) is 25.3 Å². The molecular weight excluding hydrogens is 264 g/mol. The molecule has 2 N–H and O–H groups in total. The van der Waals surface area contributed by atoms with E-state index in [-0.39, 0.29) is 12.5 Å². The largest absolute Gasteiger partial charge is 0.347 e. The molecule has 1 aromatic heterocycles. The summed E-state index contributed by atoms with van der Waals surface area (Å²) in [6.45, 7) is 0.127. The molecule has 0 saturated heterocycles. The molecule has 1 aliphatic carbocycles. The molecule has 1 saturated carbocycles. The summed E-state index contributed by atoms with van der Waals surface area (Å²) in [6, 6.07) is 5.27. The molecule has 0 atom stereocenters. The van der Waals surface area contributed by atoms with Gasteiger partial charge in [0.05, 0.1) is 0 Å². The van der Waals surface area contributed by atoms with E-state index < -0.39 is 11.6 Å². The number of aromatic amines is 1. The highest BCUT2D eigenvalue weighted by molar-refractivity contribution is 5.92. The van der Waals surface area contributed by atoms with Crippen LogP contribution in [0.1, 0.15) is 40.5 Å². The Morgan fingerprint density at radius 1 is 1.30 bits per heavy atom. The maximum absolute atomic E-state index is 13.0. The predicted molar refractivity (Wildman–Crippen MR) is 68.1 cm³/mol. The molecule has 2 aromatic rings. The van der Waals surface area contributed by atoms with Crippen LogP contribution < -0.4 is 5.32 Å². The van der Waals surface area contributed by atoms with Gasteiger partial charge in [-0.15, -0.1) is 0 Å². The van der Waals surface area contributed by atoms with Crippen LogP contribution in [0.2, 0.25) is 0 Å². The standard InChI is InChI=1S/C14H13F2N3O/c15-10-4-1-8(5-11(10)16)7-17-14(20)13-6-12(18-19-13)9-2-3-9/h1,4-6,9H,2-3,7H2,(H,17,20)(H,18,19). The Morgan fingerprint density at radius 2 is 2.10 bits per heavy atom. The number of benzene rings is 1. The van der Waals surface area contributed by atoms with Gasteiger partial charge in [-0.25, -0.2) is 8.78 Å². The number of carbonyl (C=O) groups excluding carboxylic acids is 1. The topological polar surface area (TPSA) is 57.8 Å². The molecule has 3 rings (SSSR count). The van der Waals surface area contributed by atoms with Gasteiger partial charge in [-0.05, 0) is 36.6 Å². The number of nitrogens with zero attached hydrogens (tertiary/aromatic N) is 1. The lowest BCUT2D eigenvalue weighted by Gasteiger charge is -2.03. The molecule has 104 valence electrons. The van der Waals surface area contributed by atoms with Crippen LogP contribution in [0.3, 0.4) is 0 Å². The van der Waals surface area contributed by atoms with E-state index in [1.807, 2.05) is 0 Å². The van der Waals surface area contributed by atoms with Crippen molar-refractivity contribution in [2.24, 2.45) is 0 Å². The summed E-state index contributed by atoms with van der Waals surface area (Å²) in [4.78, 5) is 11.9. The van der Waals surface area contributed by atoms with E-state index in [0.717, 1.165) is 30.7 Å². The monoisotopic (exact) mass is 277 g/mol. The van der Waals surface area contributed by atoms with E-state index in [1.54, 1.807) is 6.07 Å². The van der Waals surface area contributed by atoms with Crippen LogP contribution in [-0.2, 0) is 6.54 Å². The van der Waals surface area contributed by atoms with E-state index in [1.165, 1.54) is 6.07 Å². The zero-order valence-corrected chi connectivity index (χ0v) is 10.6. The first-order valence-electron chi connectivity index (χ1n) is 6.41. The van der Waals surface area contributed by atoms with Crippen molar-refractivity contribution in [3.8, 4) is 0 Å². The third kappa shape index (κ3) is 2.68. The molecule has 0 unspecified atom stereocenters. The van der Waals surface area contributed by atoms with E-state index in [4.69, 9.17) is 0 Å². The smallest absolute Gasteiger partial charge is 0.272 e. The number of nitrogens with one attached hydrogen (secondary N) is 2. The van der Waals surface area contributed by atoms with Crippen molar-refractivity contribution in [3.05, 3.63) is 52.9 Å². The number of carbonyl (C=O) groups is 1. The number of rotatable bonds is 4. The van der Waals surface area contributed by atoms with Crippen LogP contribution in [0, 0.1) is 11.6 Å². The summed E-state index contributed by atoms with van der Waals surface area (Å²) in [6.07, 6.45) is 2.25. The Labute approximate surface area is 114 Å². The third-order valence-electron chi connectivity index (χ3n) is 3.28. The second-order valence-corrected chi connectivity index (χ2v) is 4.91. The number of halogens is 2. The average molecular weight is 277 g/mol. The zero-order chi connectivity index (χ0) is 14.1. The minimum absolute atomic E-state index is 0.127. The van der Waals surface area contributed by atoms with Crippen LogP contribution in [0.15, 0.2) is 24.3 Å². The Morgan fingerprint density at radius 3 is 2.80 bits per heavy atom. The number of H-pyrrole nitrogens is 1. The fraction of sp³-hybridized carbons (Fsp3) is 0.286. The molecule has 1 aromatic carbocycles. The molecule has 1 heterocycles. The third-order valence-corrected chi connectivity index (χ3v) is 3.28. The van der Waals surface area contributed by atoms with Crippen LogP contribution in [-0.4, -0.2) is 16.1 Å². The molecule has 0 spiro atoms. The first kappa shape index (κ1) is 12.8. The average Bonchev–Trinajstić information content (AvgIpc) is 3.17. The van der Waals surface area contributed by atoms with Gasteiger partial charge < -0.3 is 5.32 Å². The normalized spacial score (nSPS) is 14.3. The van der Waals surface area contributed by atoms with Crippen molar-refractivity contribution in [2.75, 3.05) is 0 Å². The number of aromatic nitrogens is 2. The summed E-state index contributed by atoms with van der Waals surface area (Å²) < 4.78 is 25.8. The van der Waals surface area contributed by atoms with Gasteiger partial charge in [0.25, 0.3) is 5.91 Å². The molecule has 1 aliphatic rings. The highest BCUT2D eigenvalue weighted by Crippen LogP contribution is 2.38. The first-order chi connectivity index (χ1) is 9.63. The molecule has 0 radical (unpaired) electrons. The summed E-state index contributed by atoms with van der Waals surface area (Å²) in [5.41, 5.74) is 1.78. The molecule has 6 heteroatoms. The van der Waals surface area contributed by atoms with Crippen LogP contribution in [0.5, 0.6) is 0 Å². The molecule has 0 bridgehead atoms. The van der Waals surface area contributed by atoms with Gasteiger partial charge >= 0.3 is 0 Å². The second kappa shape index (κ2) is 5.03. The Balaban J connectivity index is 1.61.